The summed E-state index contributed by atoms with van der Waals surface area (Å²) in [5, 5.41) is 2.72. The molecule has 0 saturated heterocycles. The largest absolute Gasteiger partial charge is 0.268 e. The lowest BCUT2D eigenvalue weighted by Gasteiger charge is -2.14. The van der Waals surface area contributed by atoms with Crippen LogP contribution in [0, 0.1) is 3.57 Å². The number of nitrogens with zero attached hydrogens (tertiary/aromatic N) is 2. The molecule has 4 aromatic carbocycles. The van der Waals surface area contributed by atoms with Crippen LogP contribution in [-0.4, -0.2) is 9.55 Å². The lowest BCUT2D eigenvalue weighted by molar-refractivity contribution is 0.866. The molecule has 5 aromatic rings. The van der Waals surface area contributed by atoms with Crippen molar-refractivity contribution in [3.05, 3.63) is 116 Å². The third-order valence-electron chi connectivity index (χ3n) is 5.89. The van der Waals surface area contributed by atoms with Crippen molar-refractivity contribution >= 4 is 56.4 Å². The minimum Gasteiger partial charge on any atom is -0.268 e. The molecule has 0 spiro atoms. The van der Waals surface area contributed by atoms with Gasteiger partial charge in [0, 0.05) is 8.96 Å². The smallest absolute Gasteiger partial charge is 0.266 e. The summed E-state index contributed by atoms with van der Waals surface area (Å²) in [7, 11) is 0. The average Bonchev–Trinajstić information content (AvgIpc) is 2.83. The van der Waals surface area contributed by atoms with E-state index < -0.39 is 0 Å². The van der Waals surface area contributed by atoms with E-state index in [1.807, 2.05) is 60.7 Å². The van der Waals surface area contributed by atoms with Gasteiger partial charge in [0.05, 0.1) is 16.6 Å². The molecule has 0 N–H and O–H groups in total. The van der Waals surface area contributed by atoms with Crippen LogP contribution < -0.4 is 5.56 Å². The Morgan fingerprint density at radius 1 is 0.848 bits per heavy atom. The molecule has 33 heavy (non-hydrogen) atoms. The van der Waals surface area contributed by atoms with Crippen LogP contribution in [0.1, 0.15) is 36.7 Å². The van der Waals surface area contributed by atoms with Crippen LogP contribution in [0.15, 0.2) is 89.7 Å². The molecular weight excluding hydrogens is 519 g/mol. The first-order valence-electron chi connectivity index (χ1n) is 11.0. The zero-order valence-corrected chi connectivity index (χ0v) is 20.7. The van der Waals surface area contributed by atoms with Crippen molar-refractivity contribution in [2.45, 2.75) is 19.8 Å². The van der Waals surface area contributed by atoms with E-state index in [2.05, 4.69) is 72.8 Å². The second kappa shape index (κ2) is 8.94. The number of fused-ring (bicyclic) bond motifs is 2. The average molecular weight is 542 g/mol. The van der Waals surface area contributed by atoms with Gasteiger partial charge in [-0.25, -0.2) is 4.98 Å². The maximum absolute atomic E-state index is 13.8. The first-order valence-corrected chi connectivity index (χ1v) is 12.1. The topological polar surface area (TPSA) is 34.9 Å². The van der Waals surface area contributed by atoms with Crippen LogP contribution in [0.4, 0.5) is 0 Å². The summed E-state index contributed by atoms with van der Waals surface area (Å²) in [6.07, 6.45) is 3.96. The van der Waals surface area contributed by atoms with Gasteiger partial charge in [0.1, 0.15) is 5.82 Å². The first kappa shape index (κ1) is 21.6. The number of benzene rings is 4. The molecule has 1 heterocycles. The lowest BCUT2D eigenvalue weighted by Crippen LogP contribution is -2.22. The van der Waals surface area contributed by atoms with Crippen molar-refractivity contribution in [1.82, 2.24) is 9.55 Å². The fourth-order valence-electron chi connectivity index (χ4n) is 4.09. The first-order chi connectivity index (χ1) is 16.0. The van der Waals surface area contributed by atoms with E-state index in [1.54, 1.807) is 4.57 Å². The van der Waals surface area contributed by atoms with Gasteiger partial charge < -0.3 is 0 Å². The maximum Gasteiger partial charge on any atom is 0.266 e. The standard InChI is InChI=1S/C29H23IN2O/c1-19(2)21-13-10-20(11-14-21)12-17-28-31-26-16-15-23(30)18-25(26)29(33)32(28)27-9-5-7-22-6-3-4-8-24(22)27/h3-19H,1-2H3. The second-order valence-electron chi connectivity index (χ2n) is 8.43. The predicted molar refractivity (Wildman–Crippen MR) is 147 cm³/mol. The quantitative estimate of drug-likeness (QED) is 0.221. The van der Waals surface area contributed by atoms with Gasteiger partial charge in [0.15, 0.2) is 0 Å². The van der Waals surface area contributed by atoms with Gasteiger partial charge in [0.25, 0.3) is 5.56 Å². The highest BCUT2D eigenvalue weighted by molar-refractivity contribution is 14.1. The molecule has 0 aliphatic carbocycles. The lowest BCUT2D eigenvalue weighted by atomic mass is 10.0. The van der Waals surface area contributed by atoms with E-state index in [4.69, 9.17) is 4.98 Å². The van der Waals surface area contributed by atoms with Gasteiger partial charge in [0.2, 0.25) is 0 Å². The van der Waals surface area contributed by atoms with Crippen molar-refractivity contribution in [1.29, 1.82) is 0 Å². The van der Waals surface area contributed by atoms with Gasteiger partial charge in [-0.05, 0) is 75.4 Å². The molecular formula is C29H23IN2O. The van der Waals surface area contributed by atoms with E-state index >= 15 is 0 Å². The van der Waals surface area contributed by atoms with E-state index in [-0.39, 0.29) is 5.56 Å². The summed E-state index contributed by atoms with van der Waals surface area (Å²) in [5.41, 5.74) is 3.84. The van der Waals surface area contributed by atoms with E-state index in [1.165, 1.54) is 5.56 Å². The third kappa shape index (κ3) is 4.23. The third-order valence-corrected chi connectivity index (χ3v) is 6.56. The summed E-state index contributed by atoms with van der Waals surface area (Å²) in [6, 6.07) is 28.5. The Morgan fingerprint density at radius 3 is 2.39 bits per heavy atom. The minimum absolute atomic E-state index is 0.0651. The Labute approximate surface area is 206 Å². The fraction of sp³-hybridized carbons (Fsp3) is 0.103. The van der Waals surface area contributed by atoms with Crippen LogP contribution >= 0.6 is 22.6 Å². The van der Waals surface area contributed by atoms with Gasteiger partial charge in [-0.3, -0.25) is 9.36 Å². The van der Waals surface area contributed by atoms with E-state index in [0.717, 1.165) is 25.6 Å². The maximum atomic E-state index is 13.8. The number of rotatable bonds is 4. The molecule has 0 aliphatic heterocycles. The molecule has 4 heteroatoms. The van der Waals surface area contributed by atoms with Crippen LogP contribution in [-0.2, 0) is 0 Å². The van der Waals surface area contributed by atoms with E-state index in [0.29, 0.717) is 22.6 Å². The SMILES string of the molecule is CC(C)c1ccc(C=Cc2nc3ccc(I)cc3c(=O)n2-c2cccc3ccccc23)cc1. The van der Waals surface area contributed by atoms with Crippen molar-refractivity contribution in [2.24, 2.45) is 0 Å². The molecule has 1 aromatic heterocycles. The van der Waals surface area contributed by atoms with Gasteiger partial charge in [-0.1, -0.05) is 80.6 Å². The van der Waals surface area contributed by atoms with Crippen molar-refractivity contribution in [3.63, 3.8) is 0 Å². The van der Waals surface area contributed by atoms with Crippen LogP contribution in [0.25, 0.3) is 39.5 Å². The van der Waals surface area contributed by atoms with Gasteiger partial charge >= 0.3 is 0 Å². The summed E-state index contributed by atoms with van der Waals surface area (Å²) < 4.78 is 2.75. The zero-order chi connectivity index (χ0) is 22.9. The number of hydrogen-bond acceptors (Lipinski definition) is 2. The van der Waals surface area contributed by atoms with Crippen molar-refractivity contribution in [2.75, 3.05) is 0 Å². The monoisotopic (exact) mass is 542 g/mol. The normalized spacial score (nSPS) is 11.8. The molecule has 162 valence electrons. The molecule has 0 radical (unpaired) electrons. The number of hydrogen-bond donors (Lipinski definition) is 0. The summed E-state index contributed by atoms with van der Waals surface area (Å²) in [4.78, 5) is 18.7. The van der Waals surface area contributed by atoms with Gasteiger partial charge in [-0.15, -0.1) is 0 Å². The number of aromatic nitrogens is 2. The van der Waals surface area contributed by atoms with Crippen LogP contribution in [0.5, 0.6) is 0 Å². The highest BCUT2D eigenvalue weighted by Gasteiger charge is 2.14. The Morgan fingerprint density at radius 2 is 1.61 bits per heavy atom. The molecule has 0 unspecified atom stereocenters. The summed E-state index contributed by atoms with van der Waals surface area (Å²) in [6.45, 7) is 4.38. The molecule has 0 atom stereocenters. The van der Waals surface area contributed by atoms with Crippen molar-refractivity contribution in [3.8, 4) is 5.69 Å². The molecule has 0 fully saturated rings. The zero-order valence-electron chi connectivity index (χ0n) is 18.5. The van der Waals surface area contributed by atoms with Crippen molar-refractivity contribution < 1.29 is 0 Å². The molecule has 3 nitrogen and oxygen atoms in total. The highest BCUT2D eigenvalue weighted by atomic mass is 127. The molecule has 0 saturated carbocycles. The van der Waals surface area contributed by atoms with Crippen LogP contribution in [0.3, 0.4) is 0 Å². The van der Waals surface area contributed by atoms with Gasteiger partial charge in [-0.2, -0.15) is 0 Å². The Hall–Kier alpha value is -3.25. The number of halogens is 1. The Balaban J connectivity index is 1.74. The fourth-order valence-corrected chi connectivity index (χ4v) is 4.58. The second-order valence-corrected chi connectivity index (χ2v) is 9.67. The predicted octanol–water partition coefficient (Wildman–Crippen LogP) is 7.44. The minimum atomic E-state index is -0.0651. The summed E-state index contributed by atoms with van der Waals surface area (Å²) in [5.74, 6) is 1.10. The summed E-state index contributed by atoms with van der Waals surface area (Å²) >= 11 is 2.24. The Bertz CT molecular complexity index is 1560. The molecule has 0 amide bonds. The molecule has 0 bridgehead atoms. The highest BCUT2D eigenvalue weighted by Crippen LogP contribution is 2.24. The Kier molecular flexibility index (Phi) is 5.85. The van der Waals surface area contributed by atoms with Crippen LogP contribution in [0.2, 0.25) is 0 Å². The molecule has 0 aliphatic rings. The molecule has 5 rings (SSSR count). The van der Waals surface area contributed by atoms with E-state index in [9.17, 15) is 4.79 Å².